The van der Waals surface area contributed by atoms with Crippen LogP contribution in [-0.2, 0) is 0 Å². The highest BCUT2D eigenvalue weighted by Gasteiger charge is 2.18. The molecule has 0 saturated carbocycles. The lowest BCUT2D eigenvalue weighted by Crippen LogP contribution is -1.94. The van der Waals surface area contributed by atoms with E-state index in [0.29, 0.717) is 0 Å². The fraction of sp³-hybridized carbons (Fsp3) is 0. The Balaban J connectivity index is 1.29. The standard InChI is InChI=1S/C46H28N2O/c1-3-11-32(12-4-1)47-22-21-30-23-31-25-36(29-19-20-46-41(24-29)35-16-8-10-18-45(35)49-46)39-28-44-40(26-38(39)37(31)27-43(30)47)34-15-7-9-17-42(34)48(44)33-13-5-2-6-14-33/h1-28H. The molecule has 0 N–H and O–H groups in total. The zero-order valence-corrected chi connectivity index (χ0v) is 26.5. The molecule has 49 heavy (non-hydrogen) atoms. The summed E-state index contributed by atoms with van der Waals surface area (Å²) in [7, 11) is 0. The molecule has 0 spiro atoms. The van der Waals surface area contributed by atoms with Crippen LogP contribution in [0.25, 0.3) is 98.7 Å². The van der Waals surface area contributed by atoms with E-state index in [0.717, 1.165) is 33.3 Å². The van der Waals surface area contributed by atoms with E-state index in [1.807, 2.05) is 12.1 Å². The third kappa shape index (κ3) is 3.84. The Labute approximate surface area is 281 Å². The second-order valence-electron chi connectivity index (χ2n) is 13.0. The van der Waals surface area contributed by atoms with Gasteiger partial charge in [0.15, 0.2) is 0 Å². The number of nitrogens with zero attached hydrogens (tertiary/aromatic N) is 2. The van der Waals surface area contributed by atoms with Gasteiger partial charge in [-0.3, -0.25) is 0 Å². The minimum atomic E-state index is 0.908. The van der Waals surface area contributed by atoms with E-state index in [-0.39, 0.29) is 0 Å². The third-order valence-corrected chi connectivity index (χ3v) is 10.3. The van der Waals surface area contributed by atoms with Crippen molar-refractivity contribution < 1.29 is 4.42 Å². The average Bonchev–Trinajstić information content (AvgIpc) is 3.85. The van der Waals surface area contributed by atoms with Crippen molar-refractivity contribution >= 4 is 76.2 Å². The Hall–Kier alpha value is -6.58. The number of fused-ring (bicyclic) bond motifs is 10. The highest BCUT2D eigenvalue weighted by atomic mass is 16.3. The zero-order chi connectivity index (χ0) is 32.1. The van der Waals surface area contributed by atoms with Gasteiger partial charge in [0.05, 0.1) is 16.6 Å². The van der Waals surface area contributed by atoms with Gasteiger partial charge in [0.1, 0.15) is 11.2 Å². The summed E-state index contributed by atoms with van der Waals surface area (Å²) in [6, 6.07) is 59.3. The predicted octanol–water partition coefficient (Wildman–Crippen LogP) is 12.6. The molecule has 0 saturated heterocycles. The van der Waals surface area contributed by atoms with E-state index in [1.54, 1.807) is 0 Å². The second-order valence-corrected chi connectivity index (χ2v) is 13.0. The molecular formula is C46H28N2O. The number of furan rings is 1. The van der Waals surface area contributed by atoms with Gasteiger partial charge in [0.25, 0.3) is 0 Å². The van der Waals surface area contributed by atoms with Gasteiger partial charge in [-0.05, 0) is 118 Å². The average molecular weight is 625 g/mol. The molecule has 3 nitrogen and oxygen atoms in total. The maximum absolute atomic E-state index is 6.24. The lowest BCUT2D eigenvalue weighted by molar-refractivity contribution is 0.669. The minimum Gasteiger partial charge on any atom is -0.456 e. The van der Waals surface area contributed by atoms with Crippen molar-refractivity contribution in [3.8, 4) is 22.5 Å². The molecule has 0 unspecified atom stereocenters. The molecule has 3 heterocycles. The van der Waals surface area contributed by atoms with E-state index in [1.165, 1.54) is 65.4 Å². The number of hydrogen-bond donors (Lipinski definition) is 0. The Morgan fingerprint density at radius 1 is 0.367 bits per heavy atom. The topological polar surface area (TPSA) is 23.0 Å². The molecule has 0 aliphatic carbocycles. The van der Waals surface area contributed by atoms with Crippen molar-refractivity contribution in [1.29, 1.82) is 0 Å². The van der Waals surface area contributed by atoms with Crippen LogP contribution in [0.4, 0.5) is 0 Å². The van der Waals surface area contributed by atoms with Crippen LogP contribution in [0.15, 0.2) is 174 Å². The van der Waals surface area contributed by atoms with Crippen molar-refractivity contribution in [3.63, 3.8) is 0 Å². The fourth-order valence-electron chi connectivity index (χ4n) is 8.05. The highest BCUT2D eigenvalue weighted by Crippen LogP contribution is 2.43. The lowest BCUT2D eigenvalue weighted by atomic mass is 9.91. The van der Waals surface area contributed by atoms with Crippen LogP contribution in [0, 0.1) is 0 Å². The third-order valence-electron chi connectivity index (χ3n) is 10.3. The van der Waals surface area contributed by atoms with E-state index in [9.17, 15) is 0 Å². The van der Waals surface area contributed by atoms with Crippen molar-refractivity contribution in [1.82, 2.24) is 9.13 Å². The van der Waals surface area contributed by atoms with Gasteiger partial charge in [0.2, 0.25) is 0 Å². The van der Waals surface area contributed by atoms with Gasteiger partial charge in [-0.2, -0.15) is 0 Å². The first-order chi connectivity index (χ1) is 24.3. The normalized spacial score (nSPS) is 12.1. The molecule has 0 amide bonds. The summed E-state index contributed by atoms with van der Waals surface area (Å²) in [5.41, 5.74) is 10.1. The number of rotatable bonds is 3. The Morgan fingerprint density at radius 3 is 1.94 bits per heavy atom. The van der Waals surface area contributed by atoms with Gasteiger partial charge in [0, 0.05) is 44.5 Å². The second kappa shape index (κ2) is 9.96. The largest absolute Gasteiger partial charge is 0.456 e. The van der Waals surface area contributed by atoms with Crippen LogP contribution in [0.1, 0.15) is 0 Å². The van der Waals surface area contributed by atoms with Gasteiger partial charge in [-0.1, -0.05) is 78.9 Å². The minimum absolute atomic E-state index is 0.908. The van der Waals surface area contributed by atoms with Gasteiger partial charge >= 0.3 is 0 Å². The molecule has 0 fully saturated rings. The molecule has 0 radical (unpaired) electrons. The summed E-state index contributed by atoms with van der Waals surface area (Å²) in [4.78, 5) is 0. The molecule has 0 atom stereocenters. The molecular weight excluding hydrogens is 597 g/mol. The van der Waals surface area contributed by atoms with Crippen molar-refractivity contribution in [2.24, 2.45) is 0 Å². The quantitative estimate of drug-likeness (QED) is 0.179. The summed E-state index contributed by atoms with van der Waals surface area (Å²) < 4.78 is 10.9. The summed E-state index contributed by atoms with van der Waals surface area (Å²) in [5, 5.41) is 10.9. The van der Waals surface area contributed by atoms with E-state index in [4.69, 9.17) is 4.42 Å². The fourth-order valence-corrected chi connectivity index (χ4v) is 8.05. The van der Waals surface area contributed by atoms with Crippen LogP contribution in [-0.4, -0.2) is 9.13 Å². The number of aromatic nitrogens is 2. The summed E-state index contributed by atoms with van der Waals surface area (Å²) >= 11 is 0. The smallest absolute Gasteiger partial charge is 0.135 e. The molecule has 3 aromatic heterocycles. The predicted molar refractivity (Wildman–Crippen MR) is 205 cm³/mol. The van der Waals surface area contributed by atoms with E-state index >= 15 is 0 Å². The molecule has 11 aromatic rings. The lowest BCUT2D eigenvalue weighted by Gasteiger charge is -2.14. The molecule has 8 aromatic carbocycles. The van der Waals surface area contributed by atoms with Gasteiger partial charge < -0.3 is 13.6 Å². The van der Waals surface area contributed by atoms with Crippen molar-refractivity contribution in [3.05, 3.63) is 170 Å². The first-order valence-corrected chi connectivity index (χ1v) is 16.8. The molecule has 0 aliphatic heterocycles. The first-order valence-electron chi connectivity index (χ1n) is 16.8. The Morgan fingerprint density at radius 2 is 1.08 bits per heavy atom. The Kier molecular flexibility index (Phi) is 5.38. The zero-order valence-electron chi connectivity index (χ0n) is 26.5. The molecule has 3 heteroatoms. The summed E-state index contributed by atoms with van der Waals surface area (Å²) in [5.74, 6) is 0. The summed E-state index contributed by atoms with van der Waals surface area (Å²) in [6.45, 7) is 0. The van der Waals surface area contributed by atoms with E-state index in [2.05, 4.69) is 167 Å². The van der Waals surface area contributed by atoms with Crippen molar-refractivity contribution in [2.75, 3.05) is 0 Å². The van der Waals surface area contributed by atoms with Crippen molar-refractivity contribution in [2.45, 2.75) is 0 Å². The molecule has 11 rings (SSSR count). The molecule has 0 bridgehead atoms. The Bertz CT molecular complexity index is 3090. The maximum Gasteiger partial charge on any atom is 0.135 e. The van der Waals surface area contributed by atoms with Crippen LogP contribution in [0.3, 0.4) is 0 Å². The number of hydrogen-bond acceptors (Lipinski definition) is 1. The number of para-hydroxylation sites is 4. The first kappa shape index (κ1) is 26.5. The van der Waals surface area contributed by atoms with Crippen LogP contribution < -0.4 is 0 Å². The van der Waals surface area contributed by atoms with Crippen LogP contribution in [0.5, 0.6) is 0 Å². The van der Waals surface area contributed by atoms with E-state index < -0.39 is 0 Å². The SMILES string of the molecule is c1ccc(-n2ccc3cc4cc(-c5ccc6oc7ccccc7c6c5)c5cc6c(cc5c4cc32)c2ccccc2n6-c2ccccc2)cc1. The molecule has 228 valence electrons. The number of benzene rings is 8. The molecule has 0 aliphatic rings. The highest BCUT2D eigenvalue weighted by molar-refractivity contribution is 6.23. The van der Waals surface area contributed by atoms with Gasteiger partial charge in [-0.15, -0.1) is 0 Å². The monoisotopic (exact) mass is 624 g/mol. The maximum atomic E-state index is 6.24. The summed E-state index contributed by atoms with van der Waals surface area (Å²) in [6.07, 6.45) is 2.19. The van der Waals surface area contributed by atoms with Crippen LogP contribution >= 0.6 is 0 Å². The van der Waals surface area contributed by atoms with Crippen LogP contribution in [0.2, 0.25) is 0 Å². The van der Waals surface area contributed by atoms with Gasteiger partial charge in [-0.25, -0.2) is 0 Å².